The Balaban J connectivity index is 2.45. The molecule has 0 atom stereocenters. The van der Waals surface area contributed by atoms with E-state index in [1.165, 1.54) is 11.9 Å². The molecule has 0 aliphatic heterocycles. The van der Waals surface area contributed by atoms with Gasteiger partial charge in [-0.3, -0.25) is 0 Å². The molecule has 0 aliphatic carbocycles. The summed E-state index contributed by atoms with van der Waals surface area (Å²) in [4.78, 5) is 1.19. The molecule has 1 aromatic rings. The highest BCUT2D eigenvalue weighted by atomic mass is 19.4. The van der Waals surface area contributed by atoms with E-state index in [0.29, 0.717) is 11.5 Å². The number of hydrogen-bond acceptors (Lipinski definition) is 2. The molecule has 2 nitrogen and oxygen atoms in total. The van der Waals surface area contributed by atoms with Gasteiger partial charge in [0.05, 0.1) is 6.54 Å². The van der Waals surface area contributed by atoms with Crippen molar-refractivity contribution in [3.63, 3.8) is 0 Å². The molecule has 0 aromatic carbocycles. The van der Waals surface area contributed by atoms with Gasteiger partial charge in [0, 0.05) is 0 Å². The first-order valence-electron chi connectivity index (χ1n) is 4.32. The molecule has 0 spiro atoms. The maximum Gasteiger partial charge on any atom is 0.492 e. The molecule has 14 heavy (non-hydrogen) atoms. The Labute approximate surface area is 80.7 Å². The minimum Gasteiger partial charge on any atom is -0.465 e. The topological polar surface area (TPSA) is 16.4 Å². The van der Waals surface area contributed by atoms with Gasteiger partial charge in [-0.15, -0.1) is 0 Å². The van der Waals surface area contributed by atoms with Gasteiger partial charge in [0.25, 0.3) is 0 Å². The maximum absolute atomic E-state index is 12.0. The average Bonchev–Trinajstić information content (AvgIpc) is 2.30. The minimum atomic E-state index is -4.75. The first-order chi connectivity index (χ1) is 6.37. The lowest BCUT2D eigenvalue weighted by molar-refractivity contribution is 0.294. The molecule has 0 saturated carbocycles. The second kappa shape index (κ2) is 4.08. The lowest BCUT2D eigenvalue weighted by Gasteiger charge is -2.22. The predicted molar refractivity (Wildman–Crippen MR) is 48.9 cm³/mol. The second-order valence-corrected chi connectivity index (χ2v) is 3.42. The Bertz CT molecular complexity index is 297. The summed E-state index contributed by atoms with van der Waals surface area (Å²) in [6.45, 7) is -2.80. The largest absolute Gasteiger partial charge is 0.492 e. The fourth-order valence-corrected chi connectivity index (χ4v) is 1.25. The summed E-state index contributed by atoms with van der Waals surface area (Å²) in [5.41, 5.74) is 0. The van der Waals surface area contributed by atoms with Gasteiger partial charge in [0.1, 0.15) is 11.5 Å². The Morgan fingerprint density at radius 1 is 1.36 bits per heavy atom. The first-order valence-corrected chi connectivity index (χ1v) is 4.32. The van der Waals surface area contributed by atoms with E-state index in [2.05, 4.69) is 0 Å². The van der Waals surface area contributed by atoms with Gasteiger partial charge < -0.3 is 22.3 Å². The zero-order valence-electron chi connectivity index (χ0n) is 8.14. The van der Waals surface area contributed by atoms with Gasteiger partial charge in [-0.25, -0.2) is 0 Å². The standard InChI is InChI=1S/C8H12BF3NO/c1-7-3-4-8(14-7)5-13(2)6-9(10,11)12/h3-4H,5-6H2,1-2H3/q-1. The molecule has 80 valence electrons. The van der Waals surface area contributed by atoms with Crippen LogP contribution in [0, 0.1) is 6.92 Å². The minimum absolute atomic E-state index is 0.190. The van der Waals surface area contributed by atoms with E-state index in [1.807, 2.05) is 0 Å². The van der Waals surface area contributed by atoms with Crippen LogP contribution in [0.2, 0.25) is 0 Å². The molecular formula is C8H12BF3NO-. The summed E-state index contributed by atoms with van der Waals surface area (Å²) in [7, 11) is 1.42. The highest BCUT2D eigenvalue weighted by Crippen LogP contribution is 2.13. The summed E-state index contributed by atoms with van der Waals surface area (Å²) < 4.78 is 41.2. The van der Waals surface area contributed by atoms with Crippen LogP contribution in [-0.4, -0.2) is 25.4 Å². The van der Waals surface area contributed by atoms with Gasteiger partial charge in [0.15, 0.2) is 0 Å². The van der Waals surface area contributed by atoms with E-state index < -0.39 is 13.4 Å². The molecule has 0 fully saturated rings. The maximum atomic E-state index is 12.0. The Kier molecular flexibility index (Phi) is 3.26. The number of nitrogens with zero attached hydrogens (tertiary/aromatic N) is 1. The first kappa shape index (κ1) is 11.2. The lowest BCUT2D eigenvalue weighted by Crippen LogP contribution is -2.34. The van der Waals surface area contributed by atoms with Crippen LogP contribution >= 0.6 is 0 Å². The van der Waals surface area contributed by atoms with Crippen LogP contribution < -0.4 is 0 Å². The monoisotopic (exact) mass is 206 g/mol. The average molecular weight is 206 g/mol. The fraction of sp³-hybridized carbons (Fsp3) is 0.500. The van der Waals surface area contributed by atoms with Crippen molar-refractivity contribution in [1.82, 2.24) is 4.90 Å². The number of furan rings is 1. The third kappa shape index (κ3) is 3.87. The van der Waals surface area contributed by atoms with Gasteiger partial charge in [-0.05, 0) is 32.5 Å². The van der Waals surface area contributed by atoms with E-state index in [0.717, 1.165) is 0 Å². The van der Waals surface area contributed by atoms with Crippen LogP contribution in [0.15, 0.2) is 16.5 Å². The third-order valence-corrected chi connectivity index (χ3v) is 1.74. The summed E-state index contributed by atoms with van der Waals surface area (Å²) in [5, 5.41) is 0. The highest BCUT2D eigenvalue weighted by Gasteiger charge is 2.25. The number of halogens is 3. The van der Waals surface area contributed by atoms with Gasteiger partial charge in [-0.1, -0.05) is 0 Å². The van der Waals surface area contributed by atoms with Crippen molar-refractivity contribution in [3.05, 3.63) is 23.7 Å². The van der Waals surface area contributed by atoms with E-state index in [9.17, 15) is 12.9 Å². The highest BCUT2D eigenvalue weighted by molar-refractivity contribution is 6.58. The Hall–Kier alpha value is -0.905. The molecule has 0 unspecified atom stereocenters. The predicted octanol–water partition coefficient (Wildman–Crippen LogP) is 2.41. The van der Waals surface area contributed by atoms with Crippen LogP contribution in [0.5, 0.6) is 0 Å². The van der Waals surface area contributed by atoms with Crippen LogP contribution in [0.1, 0.15) is 11.5 Å². The molecule has 0 aliphatic rings. The summed E-state index contributed by atoms with van der Waals surface area (Å²) >= 11 is 0. The smallest absolute Gasteiger partial charge is 0.465 e. The molecular weight excluding hydrogens is 194 g/mol. The van der Waals surface area contributed by atoms with Crippen molar-refractivity contribution >= 4 is 6.98 Å². The van der Waals surface area contributed by atoms with Crippen LogP contribution in [0.3, 0.4) is 0 Å². The molecule has 6 heteroatoms. The van der Waals surface area contributed by atoms with E-state index >= 15 is 0 Å². The van der Waals surface area contributed by atoms with Crippen molar-refractivity contribution in [2.45, 2.75) is 13.5 Å². The molecule has 0 bridgehead atoms. The van der Waals surface area contributed by atoms with Gasteiger partial charge >= 0.3 is 6.98 Å². The molecule has 0 saturated heterocycles. The van der Waals surface area contributed by atoms with Gasteiger partial charge in [0.2, 0.25) is 0 Å². The van der Waals surface area contributed by atoms with Gasteiger partial charge in [-0.2, -0.15) is 0 Å². The molecule has 0 amide bonds. The van der Waals surface area contributed by atoms with Crippen LogP contribution in [-0.2, 0) is 6.54 Å². The number of aryl methyl sites for hydroxylation is 1. The van der Waals surface area contributed by atoms with E-state index in [4.69, 9.17) is 4.42 Å². The van der Waals surface area contributed by atoms with E-state index in [-0.39, 0.29) is 6.54 Å². The normalized spacial score (nSPS) is 12.4. The lowest BCUT2D eigenvalue weighted by atomic mass is 9.91. The third-order valence-electron chi connectivity index (χ3n) is 1.74. The number of rotatable bonds is 4. The molecule has 0 N–H and O–H groups in total. The quantitative estimate of drug-likeness (QED) is 0.703. The summed E-state index contributed by atoms with van der Waals surface area (Å²) in [5.74, 6) is 1.27. The zero-order valence-corrected chi connectivity index (χ0v) is 8.14. The summed E-state index contributed by atoms with van der Waals surface area (Å²) in [6, 6.07) is 3.43. The fourth-order valence-electron chi connectivity index (χ4n) is 1.25. The molecule has 1 rings (SSSR count). The molecule has 1 aromatic heterocycles. The van der Waals surface area contributed by atoms with Crippen molar-refractivity contribution < 1.29 is 17.4 Å². The zero-order chi connectivity index (χ0) is 10.8. The Morgan fingerprint density at radius 2 is 2.00 bits per heavy atom. The Morgan fingerprint density at radius 3 is 2.43 bits per heavy atom. The van der Waals surface area contributed by atoms with E-state index in [1.54, 1.807) is 19.1 Å². The van der Waals surface area contributed by atoms with Crippen molar-refractivity contribution in [3.8, 4) is 0 Å². The SMILES string of the molecule is Cc1ccc(CN(C)C[B-](F)(F)F)o1. The van der Waals surface area contributed by atoms with Crippen LogP contribution in [0.25, 0.3) is 0 Å². The second-order valence-electron chi connectivity index (χ2n) is 3.42. The molecule has 1 heterocycles. The number of hydrogen-bond donors (Lipinski definition) is 0. The van der Waals surface area contributed by atoms with Crippen molar-refractivity contribution in [1.29, 1.82) is 0 Å². The van der Waals surface area contributed by atoms with Crippen molar-refractivity contribution in [2.75, 3.05) is 13.5 Å². The van der Waals surface area contributed by atoms with Crippen molar-refractivity contribution in [2.24, 2.45) is 0 Å². The van der Waals surface area contributed by atoms with Crippen LogP contribution in [0.4, 0.5) is 12.9 Å². The molecule has 0 radical (unpaired) electrons. The summed E-state index contributed by atoms with van der Waals surface area (Å²) in [6.07, 6.45) is -0.861.